The van der Waals surface area contributed by atoms with Crippen LogP contribution in [0.4, 0.5) is 17.5 Å². The van der Waals surface area contributed by atoms with Crippen molar-refractivity contribution >= 4 is 29.2 Å². The van der Waals surface area contributed by atoms with Crippen molar-refractivity contribution in [2.45, 2.75) is 44.0 Å². The Balaban J connectivity index is 1.57. The molecule has 0 bridgehead atoms. The minimum atomic E-state index is 0.774. The monoisotopic (exact) mass is 394 g/mol. The summed E-state index contributed by atoms with van der Waals surface area (Å²) in [7, 11) is 0. The third-order valence-corrected chi connectivity index (χ3v) is 5.70. The molecule has 3 aromatic rings. The molecule has 6 nitrogen and oxygen atoms in total. The fourth-order valence-electron chi connectivity index (χ4n) is 3.39. The van der Waals surface area contributed by atoms with E-state index in [9.17, 15) is 0 Å². The first-order valence-electron chi connectivity index (χ1n) is 9.77. The lowest BCUT2D eigenvalue weighted by atomic mass is 10.1. The number of thioether (sulfide) groups is 1. The van der Waals surface area contributed by atoms with Crippen LogP contribution >= 0.6 is 11.8 Å². The minimum Gasteiger partial charge on any atom is -0.356 e. The van der Waals surface area contributed by atoms with E-state index >= 15 is 0 Å². The van der Waals surface area contributed by atoms with Gasteiger partial charge >= 0.3 is 0 Å². The van der Waals surface area contributed by atoms with E-state index in [2.05, 4.69) is 51.6 Å². The predicted octanol–water partition coefficient (Wildman–Crippen LogP) is 4.84. The Bertz CT molecular complexity index is 932. The van der Waals surface area contributed by atoms with E-state index < -0.39 is 0 Å². The zero-order chi connectivity index (χ0) is 19.3. The number of piperidine rings is 1. The molecule has 28 heavy (non-hydrogen) atoms. The standard InChI is InChI=1S/C21H26N6S/c1-15-7-6-8-17(11-15)14-28-21-23-18(22-19-12-16(2)25-26-19)13-20(24-21)27-9-4-3-5-10-27/h6-8,11-13H,3-5,9-10,14H2,1-2H3,(H2,22,23,24,25,26). The van der Waals surface area contributed by atoms with Crippen molar-refractivity contribution in [1.29, 1.82) is 0 Å². The van der Waals surface area contributed by atoms with E-state index in [0.717, 1.165) is 47.1 Å². The summed E-state index contributed by atoms with van der Waals surface area (Å²) in [5.74, 6) is 3.41. The summed E-state index contributed by atoms with van der Waals surface area (Å²) in [6.07, 6.45) is 3.74. The summed E-state index contributed by atoms with van der Waals surface area (Å²) in [6.45, 7) is 6.22. The molecule has 0 aliphatic carbocycles. The Morgan fingerprint density at radius 1 is 1.04 bits per heavy atom. The molecule has 2 aromatic heterocycles. The zero-order valence-corrected chi connectivity index (χ0v) is 17.2. The van der Waals surface area contributed by atoms with Crippen molar-refractivity contribution in [1.82, 2.24) is 20.2 Å². The van der Waals surface area contributed by atoms with Gasteiger partial charge in [-0.1, -0.05) is 41.6 Å². The summed E-state index contributed by atoms with van der Waals surface area (Å²) in [6, 6.07) is 12.6. The fourth-order valence-corrected chi connectivity index (χ4v) is 4.19. The predicted molar refractivity (Wildman–Crippen MR) is 115 cm³/mol. The molecule has 1 aliphatic rings. The maximum absolute atomic E-state index is 4.85. The van der Waals surface area contributed by atoms with Gasteiger partial charge in [0.15, 0.2) is 11.0 Å². The van der Waals surface area contributed by atoms with Gasteiger partial charge in [-0.05, 0) is 38.7 Å². The van der Waals surface area contributed by atoms with Gasteiger partial charge in [-0.25, -0.2) is 9.97 Å². The number of aryl methyl sites for hydroxylation is 2. The molecule has 0 radical (unpaired) electrons. The molecule has 1 aliphatic heterocycles. The van der Waals surface area contributed by atoms with E-state index in [1.807, 2.05) is 19.1 Å². The number of hydrogen-bond acceptors (Lipinski definition) is 6. The van der Waals surface area contributed by atoms with E-state index in [-0.39, 0.29) is 0 Å². The molecule has 1 fully saturated rings. The number of aromatic amines is 1. The molecule has 146 valence electrons. The Kier molecular flexibility index (Phi) is 5.81. The number of nitrogens with zero attached hydrogens (tertiary/aromatic N) is 4. The molecular formula is C21H26N6S. The fraction of sp³-hybridized carbons (Fsp3) is 0.381. The topological polar surface area (TPSA) is 69.7 Å². The molecule has 0 amide bonds. The van der Waals surface area contributed by atoms with E-state index in [4.69, 9.17) is 9.97 Å². The lowest BCUT2D eigenvalue weighted by Crippen LogP contribution is -2.30. The van der Waals surface area contributed by atoms with Gasteiger partial charge in [-0.3, -0.25) is 5.10 Å². The van der Waals surface area contributed by atoms with E-state index in [1.165, 1.54) is 30.4 Å². The molecule has 0 atom stereocenters. The van der Waals surface area contributed by atoms with Gasteiger partial charge in [0.2, 0.25) is 0 Å². The Labute approximate surface area is 170 Å². The molecular weight excluding hydrogens is 368 g/mol. The second kappa shape index (κ2) is 8.65. The number of nitrogens with one attached hydrogen (secondary N) is 2. The van der Waals surface area contributed by atoms with Crippen molar-refractivity contribution in [3.05, 3.63) is 53.2 Å². The van der Waals surface area contributed by atoms with Crippen LogP contribution in [-0.4, -0.2) is 33.3 Å². The van der Waals surface area contributed by atoms with Crippen molar-refractivity contribution in [2.24, 2.45) is 0 Å². The zero-order valence-electron chi connectivity index (χ0n) is 16.4. The van der Waals surface area contributed by atoms with E-state index in [1.54, 1.807) is 11.8 Å². The van der Waals surface area contributed by atoms with Crippen LogP contribution in [0.3, 0.4) is 0 Å². The molecule has 0 saturated carbocycles. The van der Waals surface area contributed by atoms with Crippen LogP contribution in [0.15, 0.2) is 41.6 Å². The van der Waals surface area contributed by atoms with Crippen molar-refractivity contribution in [3.63, 3.8) is 0 Å². The molecule has 0 unspecified atom stereocenters. The summed E-state index contributed by atoms with van der Waals surface area (Å²) in [5, 5.41) is 11.3. The van der Waals surface area contributed by atoms with Gasteiger partial charge in [0.25, 0.3) is 0 Å². The number of anilines is 3. The maximum Gasteiger partial charge on any atom is 0.191 e. The van der Waals surface area contributed by atoms with Crippen molar-refractivity contribution in [2.75, 3.05) is 23.3 Å². The number of aromatic nitrogens is 4. The third kappa shape index (κ3) is 4.84. The lowest BCUT2D eigenvalue weighted by Gasteiger charge is -2.28. The highest BCUT2D eigenvalue weighted by atomic mass is 32.2. The average Bonchev–Trinajstić information content (AvgIpc) is 3.11. The van der Waals surface area contributed by atoms with Crippen molar-refractivity contribution in [3.8, 4) is 0 Å². The van der Waals surface area contributed by atoms with Gasteiger partial charge in [0.1, 0.15) is 11.6 Å². The first kappa shape index (κ1) is 18.8. The van der Waals surface area contributed by atoms with Crippen LogP contribution in [0, 0.1) is 13.8 Å². The summed E-state index contributed by atoms with van der Waals surface area (Å²) in [4.78, 5) is 11.9. The largest absolute Gasteiger partial charge is 0.356 e. The SMILES string of the molecule is Cc1cccc(CSc2nc(Nc3cc(C)[nH]n3)cc(N3CCCCC3)n2)c1. The summed E-state index contributed by atoms with van der Waals surface area (Å²) in [5.41, 5.74) is 3.58. The van der Waals surface area contributed by atoms with Gasteiger partial charge in [-0.15, -0.1) is 0 Å². The summed E-state index contributed by atoms with van der Waals surface area (Å²) < 4.78 is 0. The molecule has 4 rings (SSSR count). The highest BCUT2D eigenvalue weighted by Gasteiger charge is 2.15. The second-order valence-corrected chi connectivity index (χ2v) is 8.22. The number of rotatable bonds is 6. The van der Waals surface area contributed by atoms with Gasteiger partial charge in [0.05, 0.1) is 0 Å². The first-order chi connectivity index (χ1) is 13.7. The highest BCUT2D eigenvalue weighted by molar-refractivity contribution is 7.98. The van der Waals surface area contributed by atoms with Gasteiger partial charge in [-0.2, -0.15) is 5.10 Å². The van der Waals surface area contributed by atoms with E-state index in [0.29, 0.717) is 0 Å². The Morgan fingerprint density at radius 3 is 2.64 bits per heavy atom. The van der Waals surface area contributed by atoms with Gasteiger partial charge in [0, 0.05) is 36.7 Å². The number of hydrogen-bond donors (Lipinski definition) is 2. The Morgan fingerprint density at radius 2 is 1.89 bits per heavy atom. The van der Waals surface area contributed by atoms with Crippen LogP contribution in [0.25, 0.3) is 0 Å². The molecule has 1 aromatic carbocycles. The molecule has 0 spiro atoms. The highest BCUT2D eigenvalue weighted by Crippen LogP contribution is 2.27. The van der Waals surface area contributed by atoms with Gasteiger partial charge < -0.3 is 10.2 Å². The Hall–Kier alpha value is -2.54. The quantitative estimate of drug-likeness (QED) is 0.460. The second-order valence-electron chi connectivity index (χ2n) is 7.28. The van der Waals surface area contributed by atoms with Crippen LogP contribution in [0.2, 0.25) is 0 Å². The van der Waals surface area contributed by atoms with Crippen molar-refractivity contribution < 1.29 is 0 Å². The minimum absolute atomic E-state index is 0.774. The summed E-state index contributed by atoms with van der Waals surface area (Å²) >= 11 is 1.67. The lowest BCUT2D eigenvalue weighted by molar-refractivity contribution is 0.571. The molecule has 2 N–H and O–H groups in total. The van der Waals surface area contributed by atoms with Crippen LogP contribution in [0.5, 0.6) is 0 Å². The molecule has 1 saturated heterocycles. The average molecular weight is 395 g/mol. The molecule has 3 heterocycles. The number of H-pyrrole nitrogens is 1. The normalized spacial score (nSPS) is 14.3. The smallest absolute Gasteiger partial charge is 0.191 e. The van der Waals surface area contributed by atoms with Crippen LogP contribution in [0.1, 0.15) is 36.1 Å². The third-order valence-electron chi connectivity index (χ3n) is 4.78. The number of benzene rings is 1. The maximum atomic E-state index is 4.85. The molecule has 7 heteroatoms. The van der Waals surface area contributed by atoms with Crippen LogP contribution in [-0.2, 0) is 5.75 Å². The first-order valence-corrected chi connectivity index (χ1v) is 10.8. The van der Waals surface area contributed by atoms with Crippen LogP contribution < -0.4 is 10.2 Å².